The van der Waals surface area contributed by atoms with Crippen molar-refractivity contribution < 1.29 is 23.7 Å². The number of hydrogen-bond acceptors (Lipinski definition) is 8. The van der Waals surface area contributed by atoms with Gasteiger partial charge in [-0.15, -0.1) is 0 Å². The van der Waals surface area contributed by atoms with E-state index in [9.17, 15) is 4.79 Å². The van der Waals surface area contributed by atoms with Gasteiger partial charge >= 0.3 is 0 Å². The summed E-state index contributed by atoms with van der Waals surface area (Å²) in [6.45, 7) is 6.47. The zero-order valence-corrected chi connectivity index (χ0v) is 21.8. The minimum absolute atomic E-state index is 0.165. The lowest BCUT2D eigenvalue weighted by Crippen LogP contribution is -2.42. The van der Waals surface area contributed by atoms with Gasteiger partial charge < -0.3 is 38.9 Å². The SMILES string of the molecule is O=c1[nH]c2cc3c(cc2cc1CN(Cc1ccc2c(c1)OCO2)C(=S)NCCCN1CCOCC1)OCO3. The van der Waals surface area contributed by atoms with Gasteiger partial charge in [0.2, 0.25) is 13.6 Å². The molecule has 11 heteroatoms. The molecule has 3 aromatic rings. The quantitative estimate of drug-likeness (QED) is 0.329. The van der Waals surface area contributed by atoms with E-state index in [2.05, 4.69) is 15.2 Å². The second kappa shape index (κ2) is 11.1. The number of morpholine rings is 1. The fourth-order valence-corrected chi connectivity index (χ4v) is 5.09. The second-order valence-electron chi connectivity index (χ2n) is 9.50. The number of H-pyrrole nitrogens is 1. The van der Waals surface area contributed by atoms with Gasteiger partial charge in [-0.3, -0.25) is 9.69 Å². The fraction of sp³-hybridized carbons (Fsp3) is 0.407. The maximum Gasteiger partial charge on any atom is 0.253 e. The Balaban J connectivity index is 1.19. The van der Waals surface area contributed by atoms with Crippen LogP contribution < -0.4 is 29.8 Å². The number of fused-ring (bicyclic) bond motifs is 3. The van der Waals surface area contributed by atoms with Crippen LogP contribution in [0.1, 0.15) is 17.5 Å². The lowest BCUT2D eigenvalue weighted by atomic mass is 10.1. The third kappa shape index (κ3) is 5.50. The minimum atomic E-state index is -0.165. The highest BCUT2D eigenvalue weighted by Crippen LogP contribution is 2.35. The number of thiocarbonyl (C=S) groups is 1. The summed E-state index contributed by atoms with van der Waals surface area (Å²) in [6.07, 6.45) is 0.960. The molecular weight excluding hydrogens is 508 g/mol. The Labute approximate surface area is 225 Å². The van der Waals surface area contributed by atoms with Crippen molar-refractivity contribution >= 4 is 28.2 Å². The molecule has 200 valence electrons. The van der Waals surface area contributed by atoms with Crippen LogP contribution in [0.4, 0.5) is 0 Å². The summed E-state index contributed by atoms with van der Waals surface area (Å²) in [4.78, 5) is 20.5. The van der Waals surface area contributed by atoms with E-state index in [-0.39, 0.29) is 19.1 Å². The number of benzene rings is 2. The number of nitrogens with one attached hydrogen (secondary N) is 2. The van der Waals surface area contributed by atoms with E-state index in [0.717, 1.165) is 62.5 Å². The maximum atomic E-state index is 13.1. The average Bonchev–Trinajstić information content (AvgIpc) is 3.59. The van der Waals surface area contributed by atoms with Crippen molar-refractivity contribution in [3.63, 3.8) is 0 Å². The van der Waals surface area contributed by atoms with Crippen molar-refractivity contribution in [2.45, 2.75) is 19.5 Å². The van der Waals surface area contributed by atoms with Crippen molar-refractivity contribution in [2.24, 2.45) is 0 Å². The smallest absolute Gasteiger partial charge is 0.253 e. The number of hydrogen-bond donors (Lipinski definition) is 2. The van der Waals surface area contributed by atoms with Crippen LogP contribution in [-0.2, 0) is 17.8 Å². The Morgan fingerprint density at radius 3 is 2.50 bits per heavy atom. The molecule has 1 saturated heterocycles. The lowest BCUT2D eigenvalue weighted by molar-refractivity contribution is 0.0376. The third-order valence-corrected chi connectivity index (χ3v) is 7.31. The molecule has 0 saturated carbocycles. The second-order valence-corrected chi connectivity index (χ2v) is 9.89. The first-order valence-electron chi connectivity index (χ1n) is 12.8. The van der Waals surface area contributed by atoms with E-state index in [0.29, 0.717) is 46.5 Å². The standard InChI is InChI=1S/C27H30N4O6S/c32-26-20(11-19-12-24-25(37-17-36-24)13-21(19)29-26)15-31(14-18-2-3-22-23(10-18)35-16-34-22)27(38)28-4-1-5-30-6-8-33-9-7-30/h2-3,10-13H,1,4-9,14-17H2,(H,28,38)(H,29,32). The van der Waals surface area contributed by atoms with E-state index >= 15 is 0 Å². The molecule has 2 N–H and O–H groups in total. The van der Waals surface area contributed by atoms with Crippen LogP contribution in [-0.4, -0.2) is 72.9 Å². The molecule has 0 unspecified atom stereocenters. The van der Waals surface area contributed by atoms with E-state index in [4.69, 9.17) is 35.9 Å². The van der Waals surface area contributed by atoms with E-state index < -0.39 is 0 Å². The van der Waals surface area contributed by atoms with Gasteiger partial charge in [0.25, 0.3) is 5.56 Å². The molecule has 2 aromatic carbocycles. The molecule has 0 spiro atoms. The van der Waals surface area contributed by atoms with Crippen molar-refractivity contribution in [2.75, 3.05) is 53.0 Å². The van der Waals surface area contributed by atoms with Gasteiger partial charge in [0.15, 0.2) is 28.1 Å². The summed E-state index contributed by atoms with van der Waals surface area (Å²) in [7, 11) is 0. The van der Waals surface area contributed by atoms with Crippen molar-refractivity contribution in [3.8, 4) is 23.0 Å². The number of aromatic nitrogens is 1. The van der Waals surface area contributed by atoms with Gasteiger partial charge in [0.1, 0.15) is 0 Å². The number of ether oxygens (including phenoxy) is 5. The normalized spacial score (nSPS) is 16.1. The molecule has 0 amide bonds. The highest BCUT2D eigenvalue weighted by molar-refractivity contribution is 7.80. The van der Waals surface area contributed by atoms with Crippen molar-refractivity contribution in [1.82, 2.24) is 20.1 Å². The zero-order chi connectivity index (χ0) is 25.9. The van der Waals surface area contributed by atoms with Gasteiger partial charge in [0.05, 0.1) is 25.3 Å². The molecule has 0 bridgehead atoms. The summed E-state index contributed by atoms with van der Waals surface area (Å²) in [5, 5.41) is 4.86. The Bertz CT molecular complexity index is 1390. The largest absolute Gasteiger partial charge is 0.454 e. The molecule has 10 nitrogen and oxygen atoms in total. The molecular formula is C27H30N4O6S. The maximum absolute atomic E-state index is 13.1. The fourth-order valence-electron chi connectivity index (χ4n) is 4.86. The highest BCUT2D eigenvalue weighted by atomic mass is 32.1. The molecule has 6 rings (SSSR count). The molecule has 3 aliphatic heterocycles. The Morgan fingerprint density at radius 1 is 0.947 bits per heavy atom. The summed E-state index contributed by atoms with van der Waals surface area (Å²) >= 11 is 5.82. The predicted octanol–water partition coefficient (Wildman–Crippen LogP) is 2.58. The summed E-state index contributed by atoms with van der Waals surface area (Å²) < 4.78 is 27.4. The van der Waals surface area contributed by atoms with Gasteiger partial charge in [-0.25, -0.2) is 0 Å². The molecule has 0 radical (unpaired) electrons. The molecule has 1 aromatic heterocycles. The Kier molecular flexibility index (Phi) is 7.21. The summed E-state index contributed by atoms with van der Waals surface area (Å²) in [5.74, 6) is 2.75. The Hall–Kier alpha value is -3.54. The van der Waals surface area contributed by atoms with Crippen LogP contribution >= 0.6 is 12.2 Å². The van der Waals surface area contributed by atoms with Gasteiger partial charge in [-0.2, -0.15) is 0 Å². The van der Waals surface area contributed by atoms with Crippen molar-refractivity contribution in [3.05, 3.63) is 57.9 Å². The lowest BCUT2D eigenvalue weighted by Gasteiger charge is -2.28. The van der Waals surface area contributed by atoms with Gasteiger partial charge in [0, 0.05) is 43.2 Å². The molecule has 38 heavy (non-hydrogen) atoms. The van der Waals surface area contributed by atoms with E-state index in [1.54, 1.807) is 6.07 Å². The third-order valence-electron chi connectivity index (χ3n) is 6.90. The molecule has 3 aliphatic rings. The first-order valence-corrected chi connectivity index (χ1v) is 13.2. The number of pyridine rings is 1. The molecule has 0 aliphatic carbocycles. The zero-order valence-electron chi connectivity index (χ0n) is 21.0. The van der Waals surface area contributed by atoms with Crippen LogP contribution in [0.15, 0.2) is 41.2 Å². The molecule has 1 fully saturated rings. The summed E-state index contributed by atoms with van der Waals surface area (Å²) in [5.41, 5.74) is 2.15. The van der Waals surface area contributed by atoms with E-state index in [1.807, 2.05) is 35.2 Å². The van der Waals surface area contributed by atoms with Gasteiger partial charge in [-0.1, -0.05) is 6.07 Å². The minimum Gasteiger partial charge on any atom is -0.454 e. The van der Waals surface area contributed by atoms with Gasteiger partial charge in [-0.05, 0) is 55.0 Å². The Morgan fingerprint density at radius 2 is 1.68 bits per heavy atom. The van der Waals surface area contributed by atoms with Crippen LogP contribution in [0, 0.1) is 0 Å². The van der Waals surface area contributed by atoms with Crippen LogP contribution in [0.3, 0.4) is 0 Å². The highest BCUT2D eigenvalue weighted by Gasteiger charge is 2.19. The monoisotopic (exact) mass is 538 g/mol. The van der Waals surface area contributed by atoms with Crippen LogP contribution in [0.2, 0.25) is 0 Å². The van der Waals surface area contributed by atoms with Crippen LogP contribution in [0.5, 0.6) is 23.0 Å². The van der Waals surface area contributed by atoms with Crippen molar-refractivity contribution in [1.29, 1.82) is 0 Å². The first kappa shape index (κ1) is 24.8. The summed E-state index contributed by atoms with van der Waals surface area (Å²) in [6, 6.07) is 11.4. The number of nitrogens with zero attached hydrogens (tertiary/aromatic N) is 2. The van der Waals surface area contributed by atoms with Crippen LogP contribution in [0.25, 0.3) is 10.9 Å². The first-order chi connectivity index (χ1) is 18.6. The topological polar surface area (TPSA) is 97.5 Å². The number of aromatic amines is 1. The average molecular weight is 539 g/mol. The molecule has 4 heterocycles. The molecule has 0 atom stereocenters. The van der Waals surface area contributed by atoms with E-state index in [1.165, 1.54) is 0 Å². The predicted molar refractivity (Wildman–Crippen MR) is 145 cm³/mol. The number of rotatable bonds is 8.